The minimum Gasteiger partial charge on any atom is -0.505 e. The Balaban J connectivity index is 2.39. The molecule has 2 heteroatoms. The molecule has 1 aliphatic carbocycles. The second-order valence-corrected chi connectivity index (χ2v) is 4.96. The molecule has 0 spiro atoms. The smallest absolute Gasteiger partial charge is 0.197 e. The van der Waals surface area contributed by atoms with Gasteiger partial charge < -0.3 is 5.11 Å². The number of rotatable bonds is 1. The second-order valence-electron chi connectivity index (χ2n) is 4.96. The predicted molar refractivity (Wildman–Crippen MR) is 68.3 cm³/mol. The van der Waals surface area contributed by atoms with Gasteiger partial charge in [-0.2, -0.15) is 0 Å². The summed E-state index contributed by atoms with van der Waals surface area (Å²) in [6.45, 7) is 6.28. The van der Waals surface area contributed by atoms with Crippen LogP contribution in [0.25, 0.3) is 0 Å². The van der Waals surface area contributed by atoms with Gasteiger partial charge in [0.1, 0.15) is 0 Å². The van der Waals surface area contributed by atoms with Gasteiger partial charge in [-0.05, 0) is 55.9 Å². The molecular weight excluding hydrogens is 212 g/mol. The van der Waals surface area contributed by atoms with Crippen LogP contribution in [0, 0.1) is 20.8 Å². The van der Waals surface area contributed by atoms with Gasteiger partial charge in [-0.3, -0.25) is 4.79 Å². The third-order valence-corrected chi connectivity index (χ3v) is 3.46. The van der Waals surface area contributed by atoms with Crippen molar-refractivity contribution in [2.45, 2.75) is 39.5 Å². The van der Waals surface area contributed by atoms with Crippen molar-refractivity contribution in [3.63, 3.8) is 0 Å². The van der Waals surface area contributed by atoms with Crippen LogP contribution >= 0.6 is 0 Å². The molecule has 0 bridgehead atoms. The summed E-state index contributed by atoms with van der Waals surface area (Å²) in [5.41, 5.74) is 5.02. The van der Waals surface area contributed by atoms with E-state index in [-0.39, 0.29) is 17.5 Å². The van der Waals surface area contributed by atoms with Gasteiger partial charge in [-0.15, -0.1) is 0 Å². The minimum absolute atomic E-state index is 0.0660. The van der Waals surface area contributed by atoms with E-state index in [2.05, 4.69) is 32.9 Å². The van der Waals surface area contributed by atoms with Crippen molar-refractivity contribution in [2.24, 2.45) is 0 Å². The Morgan fingerprint density at radius 2 is 1.76 bits per heavy atom. The zero-order valence-electron chi connectivity index (χ0n) is 10.6. The quantitative estimate of drug-likeness (QED) is 0.801. The maximum atomic E-state index is 11.5. The number of aliphatic hydroxyl groups excluding tert-OH is 1. The summed E-state index contributed by atoms with van der Waals surface area (Å²) in [5.74, 6) is 0.0169. The summed E-state index contributed by atoms with van der Waals surface area (Å²) in [7, 11) is 0. The molecule has 0 saturated carbocycles. The fourth-order valence-corrected chi connectivity index (χ4v) is 2.83. The first-order valence-corrected chi connectivity index (χ1v) is 5.99. The number of hydrogen-bond donors (Lipinski definition) is 1. The minimum atomic E-state index is -0.138. The van der Waals surface area contributed by atoms with E-state index in [1.807, 2.05) is 0 Å². The summed E-state index contributed by atoms with van der Waals surface area (Å²) >= 11 is 0. The number of carbonyl (C=O) groups excluding carboxylic acids is 1. The first-order chi connectivity index (χ1) is 7.99. The Kier molecular flexibility index (Phi) is 3.05. The molecule has 2 rings (SSSR count). The predicted octanol–water partition coefficient (Wildman–Crippen LogP) is 3.50. The number of benzene rings is 1. The number of allylic oxidation sites excluding steroid dienone is 2. The summed E-state index contributed by atoms with van der Waals surface area (Å²) in [4.78, 5) is 11.5. The Morgan fingerprint density at radius 3 is 2.29 bits per heavy atom. The standard InChI is InChI=1S/C15H18O2/c1-9-6-10(2)15(11(3)7-9)12-4-5-13(16)14(17)8-12/h5-7,12,16H,4,8H2,1-3H3. The van der Waals surface area contributed by atoms with E-state index in [0.29, 0.717) is 6.42 Å². The van der Waals surface area contributed by atoms with Gasteiger partial charge in [0.05, 0.1) is 0 Å². The van der Waals surface area contributed by atoms with Crippen LogP contribution < -0.4 is 0 Å². The topological polar surface area (TPSA) is 37.3 Å². The van der Waals surface area contributed by atoms with E-state index in [0.717, 1.165) is 6.42 Å². The van der Waals surface area contributed by atoms with Crippen molar-refractivity contribution in [3.05, 3.63) is 46.2 Å². The molecule has 90 valence electrons. The maximum Gasteiger partial charge on any atom is 0.197 e. The third-order valence-electron chi connectivity index (χ3n) is 3.46. The Hall–Kier alpha value is -1.57. The first kappa shape index (κ1) is 11.9. The van der Waals surface area contributed by atoms with Gasteiger partial charge in [0.25, 0.3) is 0 Å². The van der Waals surface area contributed by atoms with Crippen LogP contribution in [0.1, 0.15) is 41.0 Å². The van der Waals surface area contributed by atoms with E-state index in [1.165, 1.54) is 22.3 Å². The summed E-state index contributed by atoms with van der Waals surface area (Å²) in [6, 6.07) is 4.32. The van der Waals surface area contributed by atoms with E-state index in [4.69, 9.17) is 0 Å². The Morgan fingerprint density at radius 1 is 1.18 bits per heavy atom. The molecule has 0 aliphatic heterocycles. The highest BCUT2D eigenvalue weighted by Crippen LogP contribution is 2.34. The molecule has 1 N–H and O–H groups in total. The van der Waals surface area contributed by atoms with Crippen LogP contribution in [0.4, 0.5) is 0 Å². The van der Waals surface area contributed by atoms with Crippen molar-refractivity contribution in [3.8, 4) is 0 Å². The van der Waals surface area contributed by atoms with Gasteiger partial charge in [-0.1, -0.05) is 17.7 Å². The lowest BCUT2D eigenvalue weighted by Gasteiger charge is -2.23. The van der Waals surface area contributed by atoms with E-state index < -0.39 is 0 Å². The van der Waals surface area contributed by atoms with Gasteiger partial charge in [0.2, 0.25) is 0 Å². The van der Waals surface area contributed by atoms with Crippen LogP contribution in [-0.2, 0) is 4.79 Å². The average Bonchev–Trinajstić information content (AvgIpc) is 2.21. The third kappa shape index (κ3) is 2.26. The van der Waals surface area contributed by atoms with Crippen molar-refractivity contribution >= 4 is 5.78 Å². The van der Waals surface area contributed by atoms with Crippen molar-refractivity contribution in [1.29, 1.82) is 0 Å². The Labute approximate surface area is 102 Å². The highest BCUT2D eigenvalue weighted by atomic mass is 16.3. The SMILES string of the molecule is Cc1cc(C)c(C2CC=C(O)C(=O)C2)c(C)c1. The molecule has 17 heavy (non-hydrogen) atoms. The van der Waals surface area contributed by atoms with Crippen LogP contribution in [0.15, 0.2) is 24.0 Å². The maximum absolute atomic E-state index is 11.5. The lowest BCUT2D eigenvalue weighted by atomic mass is 9.81. The van der Waals surface area contributed by atoms with Crippen molar-refractivity contribution in [1.82, 2.24) is 0 Å². The van der Waals surface area contributed by atoms with Crippen LogP contribution in [0.3, 0.4) is 0 Å². The normalized spacial score (nSPS) is 20.3. The summed E-state index contributed by atoms with van der Waals surface area (Å²) < 4.78 is 0. The number of Topliss-reactive ketones (excluding diaryl/α,β-unsaturated/α-hetero) is 1. The monoisotopic (exact) mass is 230 g/mol. The van der Waals surface area contributed by atoms with Crippen LogP contribution in [-0.4, -0.2) is 10.9 Å². The van der Waals surface area contributed by atoms with Crippen molar-refractivity contribution < 1.29 is 9.90 Å². The largest absolute Gasteiger partial charge is 0.505 e. The molecule has 0 radical (unpaired) electrons. The number of hydrogen-bond acceptors (Lipinski definition) is 2. The first-order valence-electron chi connectivity index (χ1n) is 5.99. The number of aliphatic hydroxyl groups is 1. The van der Waals surface area contributed by atoms with Gasteiger partial charge in [0, 0.05) is 6.42 Å². The zero-order chi connectivity index (χ0) is 12.6. The molecule has 2 nitrogen and oxygen atoms in total. The molecule has 0 saturated heterocycles. The van der Waals surface area contributed by atoms with Gasteiger partial charge in [-0.25, -0.2) is 0 Å². The van der Waals surface area contributed by atoms with Gasteiger partial charge >= 0.3 is 0 Å². The molecule has 0 aromatic heterocycles. The molecule has 1 aromatic rings. The fraction of sp³-hybridized carbons (Fsp3) is 0.400. The molecule has 0 amide bonds. The molecule has 1 aliphatic rings. The molecule has 0 fully saturated rings. The molecule has 1 aromatic carbocycles. The summed E-state index contributed by atoms with van der Waals surface area (Å²) in [6.07, 6.45) is 2.82. The van der Waals surface area contributed by atoms with E-state index in [9.17, 15) is 9.90 Å². The zero-order valence-corrected chi connectivity index (χ0v) is 10.6. The van der Waals surface area contributed by atoms with E-state index in [1.54, 1.807) is 6.08 Å². The van der Waals surface area contributed by atoms with Crippen molar-refractivity contribution in [2.75, 3.05) is 0 Å². The summed E-state index contributed by atoms with van der Waals surface area (Å²) in [5, 5.41) is 9.34. The highest BCUT2D eigenvalue weighted by Gasteiger charge is 2.24. The average molecular weight is 230 g/mol. The molecule has 1 atom stereocenters. The number of carbonyl (C=O) groups is 1. The number of aryl methyl sites for hydroxylation is 3. The second kappa shape index (κ2) is 4.36. The Bertz CT molecular complexity index is 475. The molecular formula is C15H18O2. The highest BCUT2D eigenvalue weighted by molar-refractivity contribution is 5.94. The lowest BCUT2D eigenvalue weighted by Crippen LogP contribution is -2.16. The van der Waals surface area contributed by atoms with Gasteiger partial charge in [0.15, 0.2) is 11.5 Å². The fourth-order valence-electron chi connectivity index (χ4n) is 2.83. The van der Waals surface area contributed by atoms with Crippen LogP contribution in [0.2, 0.25) is 0 Å². The number of ketones is 1. The lowest BCUT2D eigenvalue weighted by molar-refractivity contribution is -0.118. The van der Waals surface area contributed by atoms with E-state index >= 15 is 0 Å². The molecule has 1 unspecified atom stereocenters. The molecule has 0 heterocycles. The van der Waals surface area contributed by atoms with Crippen LogP contribution in [0.5, 0.6) is 0 Å².